The first-order chi connectivity index (χ1) is 13.9. The van der Waals surface area contributed by atoms with Gasteiger partial charge in [0.25, 0.3) is 0 Å². The van der Waals surface area contributed by atoms with Gasteiger partial charge in [0.15, 0.2) is 0 Å². The molecule has 0 bridgehead atoms. The van der Waals surface area contributed by atoms with Gasteiger partial charge in [-0.05, 0) is 60.5 Å². The fraction of sp³-hybridized carbons (Fsp3) is 0.520. The molecule has 1 amide bonds. The summed E-state index contributed by atoms with van der Waals surface area (Å²) in [6.07, 6.45) is 15.1. The Balaban J connectivity index is 1.64. The number of rotatable bonds is 5. The molecule has 156 valence electrons. The minimum Gasteiger partial charge on any atom is -0.393 e. The fourth-order valence-electron chi connectivity index (χ4n) is 5.03. The van der Waals surface area contributed by atoms with Gasteiger partial charge in [0.05, 0.1) is 6.10 Å². The lowest BCUT2D eigenvalue weighted by molar-refractivity contribution is -0.117. The Kier molecular flexibility index (Phi) is 7.07. The summed E-state index contributed by atoms with van der Waals surface area (Å²) in [5, 5.41) is 13.5. The van der Waals surface area contributed by atoms with Gasteiger partial charge in [0.2, 0.25) is 5.91 Å². The summed E-state index contributed by atoms with van der Waals surface area (Å²) in [6, 6.07) is 3.81. The van der Waals surface area contributed by atoms with Gasteiger partial charge in [-0.15, -0.1) is 0 Å². The van der Waals surface area contributed by atoms with Crippen LogP contribution in [0.5, 0.6) is 0 Å². The Morgan fingerprint density at radius 3 is 2.83 bits per heavy atom. The van der Waals surface area contributed by atoms with E-state index in [0.717, 1.165) is 12.0 Å². The van der Waals surface area contributed by atoms with Crippen molar-refractivity contribution in [3.8, 4) is 0 Å². The molecule has 2 aliphatic carbocycles. The molecule has 3 rings (SSSR count). The van der Waals surface area contributed by atoms with Crippen molar-refractivity contribution >= 4 is 5.91 Å². The number of amides is 1. The monoisotopic (exact) mass is 394 g/mol. The number of carbonyl (C=O) groups is 1. The van der Waals surface area contributed by atoms with E-state index in [1.165, 1.54) is 0 Å². The van der Waals surface area contributed by atoms with E-state index in [1.807, 2.05) is 31.2 Å². The van der Waals surface area contributed by atoms with Crippen LogP contribution in [0.1, 0.15) is 39.7 Å². The van der Waals surface area contributed by atoms with Crippen LogP contribution in [-0.4, -0.2) is 22.1 Å². The highest BCUT2D eigenvalue weighted by Crippen LogP contribution is 2.48. The Bertz CT molecular complexity index is 783. The van der Waals surface area contributed by atoms with E-state index in [9.17, 15) is 9.90 Å². The first kappa shape index (κ1) is 21.5. The number of fused-ring (bicyclic) bond motifs is 1. The second-order valence-corrected chi connectivity index (χ2v) is 8.90. The van der Waals surface area contributed by atoms with Crippen LogP contribution in [-0.2, 0) is 11.3 Å². The van der Waals surface area contributed by atoms with Crippen LogP contribution < -0.4 is 5.32 Å². The van der Waals surface area contributed by atoms with E-state index in [1.54, 1.807) is 12.4 Å². The topological polar surface area (TPSA) is 62.2 Å². The SMILES string of the molecule is C/C(=C\C=C\[C@@H]1C2[C@@H](C=C[C@@H]1C)C[C@@H](C)[C@H](O)[C@H]2C)C(=O)NCc1cccnc1. The molecule has 0 radical (unpaired) electrons. The number of aliphatic hydroxyl groups is 1. The van der Waals surface area contributed by atoms with E-state index in [2.05, 4.69) is 49.3 Å². The standard InChI is InChI=1S/C25H34N2O2/c1-16-10-11-21-13-18(3)24(28)19(4)23(21)22(16)9-5-7-17(2)25(29)27-15-20-8-6-12-26-14-20/h5-12,14,16,18-19,21-24,28H,13,15H2,1-4H3,(H,27,29)/b9-5+,17-7+/t16-,18+,19-,21-,22-,23?,24-/m0/s1. The summed E-state index contributed by atoms with van der Waals surface area (Å²) < 4.78 is 0. The van der Waals surface area contributed by atoms with Crippen LogP contribution in [0.4, 0.5) is 0 Å². The highest BCUT2D eigenvalue weighted by molar-refractivity contribution is 5.93. The molecule has 0 saturated heterocycles. The molecule has 1 aromatic rings. The van der Waals surface area contributed by atoms with Gasteiger partial charge >= 0.3 is 0 Å². The molecule has 1 unspecified atom stereocenters. The third kappa shape index (κ3) is 5.05. The molecule has 4 heteroatoms. The molecule has 1 saturated carbocycles. The first-order valence-electron chi connectivity index (χ1n) is 10.8. The third-order valence-corrected chi connectivity index (χ3v) is 6.79. The molecule has 1 aromatic heterocycles. The van der Waals surface area contributed by atoms with Crippen LogP contribution in [0.15, 0.2) is 60.5 Å². The number of nitrogens with zero attached hydrogens (tertiary/aromatic N) is 1. The normalized spacial score (nSPS) is 34.8. The molecule has 1 heterocycles. The van der Waals surface area contributed by atoms with Gasteiger partial charge in [-0.25, -0.2) is 0 Å². The van der Waals surface area contributed by atoms with E-state index >= 15 is 0 Å². The zero-order valence-electron chi connectivity index (χ0n) is 18.0. The van der Waals surface area contributed by atoms with Crippen molar-refractivity contribution < 1.29 is 9.90 Å². The molecule has 29 heavy (non-hydrogen) atoms. The minimum absolute atomic E-state index is 0.0664. The molecule has 2 N–H and O–H groups in total. The zero-order valence-corrected chi connectivity index (χ0v) is 18.0. The molecule has 4 nitrogen and oxygen atoms in total. The van der Waals surface area contributed by atoms with Crippen LogP contribution in [0.3, 0.4) is 0 Å². The number of nitrogens with one attached hydrogen (secondary N) is 1. The second-order valence-electron chi connectivity index (χ2n) is 8.90. The van der Waals surface area contributed by atoms with Gasteiger partial charge in [-0.2, -0.15) is 0 Å². The van der Waals surface area contributed by atoms with Crippen molar-refractivity contribution in [3.05, 3.63) is 66.0 Å². The van der Waals surface area contributed by atoms with Gasteiger partial charge in [0.1, 0.15) is 0 Å². The Morgan fingerprint density at radius 1 is 1.31 bits per heavy atom. The van der Waals surface area contributed by atoms with Crippen molar-refractivity contribution in [2.45, 2.75) is 46.8 Å². The molecule has 7 atom stereocenters. The Hall–Kier alpha value is -2.20. The molecular formula is C25H34N2O2. The maximum atomic E-state index is 12.3. The largest absolute Gasteiger partial charge is 0.393 e. The van der Waals surface area contributed by atoms with Crippen molar-refractivity contribution in [1.29, 1.82) is 0 Å². The maximum Gasteiger partial charge on any atom is 0.247 e. The van der Waals surface area contributed by atoms with E-state index in [4.69, 9.17) is 0 Å². The quantitative estimate of drug-likeness (QED) is 0.445. The molecule has 2 aliphatic rings. The number of hydrogen-bond donors (Lipinski definition) is 2. The number of hydrogen-bond acceptors (Lipinski definition) is 3. The third-order valence-electron chi connectivity index (χ3n) is 6.79. The summed E-state index contributed by atoms with van der Waals surface area (Å²) >= 11 is 0. The molecule has 0 spiro atoms. The minimum atomic E-state index is -0.235. The predicted octanol–water partition coefficient (Wildman–Crippen LogP) is 4.29. The lowest BCUT2D eigenvalue weighted by atomic mass is 9.58. The fourth-order valence-corrected chi connectivity index (χ4v) is 5.03. The summed E-state index contributed by atoms with van der Waals surface area (Å²) in [6.45, 7) is 8.91. The average Bonchev–Trinajstić information content (AvgIpc) is 2.72. The summed E-state index contributed by atoms with van der Waals surface area (Å²) in [4.78, 5) is 16.4. The first-order valence-corrected chi connectivity index (χ1v) is 10.8. The van der Waals surface area contributed by atoms with Gasteiger partial charge in [-0.1, -0.05) is 57.2 Å². The highest BCUT2D eigenvalue weighted by Gasteiger charge is 2.44. The Morgan fingerprint density at radius 2 is 2.10 bits per heavy atom. The van der Waals surface area contributed by atoms with Crippen LogP contribution in [0.25, 0.3) is 0 Å². The van der Waals surface area contributed by atoms with Crippen molar-refractivity contribution in [3.63, 3.8) is 0 Å². The van der Waals surface area contributed by atoms with Crippen LogP contribution in [0.2, 0.25) is 0 Å². The predicted molar refractivity (Wildman–Crippen MR) is 117 cm³/mol. The van der Waals surface area contributed by atoms with Gasteiger partial charge < -0.3 is 10.4 Å². The lowest BCUT2D eigenvalue weighted by Crippen LogP contribution is -2.46. The maximum absolute atomic E-state index is 12.3. The molecule has 0 aliphatic heterocycles. The average molecular weight is 395 g/mol. The smallest absolute Gasteiger partial charge is 0.247 e. The van der Waals surface area contributed by atoms with Crippen LogP contribution >= 0.6 is 0 Å². The number of aliphatic hydroxyl groups excluding tert-OH is 1. The number of aromatic nitrogens is 1. The summed E-state index contributed by atoms with van der Waals surface area (Å²) in [5.74, 6) is 2.35. The van der Waals surface area contributed by atoms with Crippen LogP contribution in [0, 0.1) is 35.5 Å². The Labute approximate surface area is 174 Å². The summed E-state index contributed by atoms with van der Waals surface area (Å²) in [7, 11) is 0. The molecule has 0 aromatic carbocycles. The van der Waals surface area contributed by atoms with Crippen molar-refractivity contribution in [1.82, 2.24) is 10.3 Å². The second kappa shape index (κ2) is 9.53. The zero-order chi connectivity index (χ0) is 21.0. The van der Waals surface area contributed by atoms with E-state index in [0.29, 0.717) is 41.7 Å². The van der Waals surface area contributed by atoms with Crippen molar-refractivity contribution in [2.24, 2.45) is 35.5 Å². The van der Waals surface area contributed by atoms with E-state index < -0.39 is 0 Å². The van der Waals surface area contributed by atoms with E-state index in [-0.39, 0.29) is 17.9 Å². The number of pyridine rings is 1. The van der Waals surface area contributed by atoms with Gasteiger partial charge in [0, 0.05) is 24.5 Å². The van der Waals surface area contributed by atoms with Crippen molar-refractivity contribution in [2.75, 3.05) is 0 Å². The van der Waals surface area contributed by atoms with Gasteiger partial charge in [-0.3, -0.25) is 9.78 Å². The molecule has 1 fully saturated rings. The highest BCUT2D eigenvalue weighted by atomic mass is 16.3. The number of allylic oxidation sites excluding steroid dienone is 5. The molecular weight excluding hydrogens is 360 g/mol. The number of carbonyl (C=O) groups excluding carboxylic acids is 1. The lowest BCUT2D eigenvalue weighted by Gasteiger charge is -2.48. The summed E-state index contributed by atoms with van der Waals surface area (Å²) in [5.41, 5.74) is 1.67.